The summed E-state index contributed by atoms with van der Waals surface area (Å²) in [6.07, 6.45) is 8.22. The summed E-state index contributed by atoms with van der Waals surface area (Å²) in [5, 5.41) is 5.04. The molecule has 1 spiro atoms. The van der Waals surface area contributed by atoms with Gasteiger partial charge in [0.1, 0.15) is 0 Å². The van der Waals surface area contributed by atoms with Gasteiger partial charge in [-0.15, -0.1) is 0 Å². The number of fused-ring (bicyclic) bond motifs is 1. The minimum Gasteiger partial charge on any atom is -0.381 e. The van der Waals surface area contributed by atoms with Crippen LogP contribution in [0.2, 0.25) is 0 Å². The van der Waals surface area contributed by atoms with Gasteiger partial charge in [0, 0.05) is 11.6 Å². The van der Waals surface area contributed by atoms with Crippen LogP contribution in [0.3, 0.4) is 0 Å². The summed E-state index contributed by atoms with van der Waals surface area (Å²) in [6, 6.07) is 6.79. The van der Waals surface area contributed by atoms with E-state index in [1.165, 1.54) is 43.0 Å². The van der Waals surface area contributed by atoms with E-state index in [-0.39, 0.29) is 4.75 Å². The first-order valence-electron chi connectivity index (χ1n) is 8.62. The fourth-order valence-electron chi connectivity index (χ4n) is 3.59. The van der Waals surface area contributed by atoms with E-state index in [0.29, 0.717) is 11.5 Å². The van der Waals surface area contributed by atoms with Gasteiger partial charge in [-0.2, -0.15) is 0 Å². The molecule has 0 aromatic heterocycles. The monoisotopic (exact) mass is 415 g/mol. The van der Waals surface area contributed by atoms with Crippen LogP contribution in [0, 0.1) is 5.41 Å². The van der Waals surface area contributed by atoms with Gasteiger partial charge in [-0.05, 0) is 88.0 Å². The zero-order valence-corrected chi connectivity index (χ0v) is 17.6. The normalized spacial score (nSPS) is 27.3. The predicted molar refractivity (Wildman–Crippen MR) is 105 cm³/mol. The zero-order chi connectivity index (χ0) is 18.0. The Kier molecular flexibility index (Phi) is 6.68. The Morgan fingerprint density at radius 2 is 1.75 bits per heavy atom. The van der Waals surface area contributed by atoms with Crippen molar-refractivity contribution in [1.29, 1.82) is 0 Å². The van der Waals surface area contributed by atoms with Crippen molar-refractivity contribution < 1.29 is 8.95 Å². The zero-order valence-electron chi connectivity index (χ0n) is 15.2. The Labute approximate surface area is 157 Å². The maximum atomic E-state index is 10.4. The Bertz CT molecular complexity index is 590. The molecule has 1 aromatic carbocycles. The fourth-order valence-corrected chi connectivity index (χ4v) is 4.00. The minimum atomic E-state index is -1.18. The summed E-state index contributed by atoms with van der Waals surface area (Å²) in [5.41, 5.74) is 3.69. The lowest BCUT2D eigenvalue weighted by Crippen LogP contribution is -2.31. The van der Waals surface area contributed by atoms with Crippen LogP contribution >= 0.6 is 15.9 Å². The molecule has 0 heterocycles. The number of halogens is 1. The van der Waals surface area contributed by atoms with Crippen LogP contribution in [-0.4, -0.2) is 22.2 Å². The van der Waals surface area contributed by atoms with Crippen molar-refractivity contribution in [3.8, 4) is 0 Å². The largest absolute Gasteiger partial charge is 0.381 e. The van der Waals surface area contributed by atoms with Gasteiger partial charge in [-0.3, -0.25) is 5.14 Å². The van der Waals surface area contributed by atoms with Crippen LogP contribution in [0.15, 0.2) is 22.7 Å². The van der Waals surface area contributed by atoms with Gasteiger partial charge < -0.3 is 4.74 Å². The van der Waals surface area contributed by atoms with Gasteiger partial charge in [-0.1, -0.05) is 22.0 Å². The summed E-state index contributed by atoms with van der Waals surface area (Å²) in [4.78, 5) is 0. The van der Waals surface area contributed by atoms with E-state index >= 15 is 0 Å². The number of benzene rings is 1. The SMILES string of the molecule is CC(C)(C)S(N)=O.COC1CCC2(CC1)Cc1ccc(Br)cc1C2. The third-order valence-corrected chi connectivity index (χ3v) is 6.93. The molecule has 0 saturated heterocycles. The Hall–Kier alpha value is -0.230. The molecule has 1 fully saturated rings. The first kappa shape index (κ1) is 20.1. The number of rotatable bonds is 1. The van der Waals surface area contributed by atoms with Gasteiger partial charge in [0.2, 0.25) is 0 Å². The predicted octanol–water partition coefficient (Wildman–Crippen LogP) is 4.53. The first-order valence-corrected chi connectivity index (χ1v) is 10.6. The van der Waals surface area contributed by atoms with Crippen LogP contribution in [-0.2, 0) is 28.6 Å². The van der Waals surface area contributed by atoms with Crippen LogP contribution < -0.4 is 5.14 Å². The highest BCUT2D eigenvalue weighted by Gasteiger charge is 2.40. The molecule has 1 aromatic rings. The molecular weight excluding hydrogens is 386 g/mol. The van der Waals surface area contributed by atoms with Crippen LogP contribution in [0.4, 0.5) is 0 Å². The van der Waals surface area contributed by atoms with Gasteiger partial charge >= 0.3 is 0 Å². The number of hydrogen-bond acceptors (Lipinski definition) is 2. The standard InChI is InChI=1S/C15H19BrO.C4H11NOS/c1-17-14-4-6-15(7-5-14)9-11-2-3-13(16)8-12(11)10-15;1-4(2,3)7(5)6/h2-3,8,14H,4-7,9-10H2,1H3;5H2,1-3H3. The van der Waals surface area contributed by atoms with E-state index in [1.54, 1.807) is 11.1 Å². The van der Waals surface area contributed by atoms with E-state index in [9.17, 15) is 4.21 Å². The number of hydrogen-bond donors (Lipinski definition) is 1. The molecule has 1 saturated carbocycles. The third-order valence-electron chi connectivity index (χ3n) is 5.23. The van der Waals surface area contributed by atoms with Gasteiger partial charge in [0.25, 0.3) is 0 Å². The molecule has 2 aliphatic rings. The number of nitrogens with two attached hydrogens (primary N) is 1. The fraction of sp³-hybridized carbons (Fsp3) is 0.684. The van der Waals surface area contributed by atoms with Gasteiger partial charge in [0.15, 0.2) is 0 Å². The average molecular weight is 416 g/mol. The van der Waals surface area contributed by atoms with Crippen LogP contribution in [0.1, 0.15) is 57.6 Å². The van der Waals surface area contributed by atoms with Crippen molar-refractivity contribution in [2.45, 2.75) is 70.1 Å². The quantitative estimate of drug-likeness (QED) is 0.731. The molecule has 5 heteroatoms. The van der Waals surface area contributed by atoms with E-state index in [4.69, 9.17) is 9.88 Å². The topological polar surface area (TPSA) is 52.3 Å². The smallest absolute Gasteiger partial charge is 0.0942 e. The van der Waals surface area contributed by atoms with Crippen molar-refractivity contribution in [3.05, 3.63) is 33.8 Å². The minimum absolute atomic E-state index is 0.250. The van der Waals surface area contributed by atoms with Gasteiger partial charge in [-0.25, -0.2) is 4.21 Å². The van der Waals surface area contributed by atoms with Crippen molar-refractivity contribution in [3.63, 3.8) is 0 Å². The van der Waals surface area contributed by atoms with E-state index < -0.39 is 11.0 Å². The second-order valence-corrected chi connectivity index (χ2v) is 10.8. The lowest BCUT2D eigenvalue weighted by atomic mass is 9.71. The summed E-state index contributed by atoms with van der Waals surface area (Å²) >= 11 is 3.58. The Morgan fingerprint density at radius 3 is 2.25 bits per heavy atom. The first-order chi connectivity index (χ1) is 11.1. The number of methoxy groups -OCH3 is 1. The highest BCUT2D eigenvalue weighted by molar-refractivity contribution is 9.10. The average Bonchev–Trinajstić information content (AvgIpc) is 2.84. The van der Waals surface area contributed by atoms with Crippen LogP contribution in [0.25, 0.3) is 0 Å². The molecule has 2 aliphatic carbocycles. The third kappa shape index (κ3) is 5.13. The van der Waals surface area contributed by atoms with Gasteiger partial charge in [0.05, 0.1) is 21.8 Å². The molecule has 0 radical (unpaired) electrons. The maximum absolute atomic E-state index is 10.4. The number of ether oxygens (including phenoxy) is 1. The summed E-state index contributed by atoms with van der Waals surface area (Å²) in [6.45, 7) is 5.51. The molecule has 0 aliphatic heterocycles. The second-order valence-electron chi connectivity index (χ2n) is 8.11. The highest BCUT2D eigenvalue weighted by atomic mass is 79.9. The van der Waals surface area contributed by atoms with E-state index in [2.05, 4.69) is 34.1 Å². The second kappa shape index (κ2) is 7.98. The molecule has 24 heavy (non-hydrogen) atoms. The lowest BCUT2D eigenvalue weighted by molar-refractivity contribution is 0.0298. The summed E-state index contributed by atoms with van der Waals surface area (Å²) < 4.78 is 16.8. The molecule has 0 amide bonds. The highest BCUT2D eigenvalue weighted by Crippen LogP contribution is 2.48. The summed E-state index contributed by atoms with van der Waals surface area (Å²) in [7, 11) is 0.667. The summed E-state index contributed by atoms with van der Waals surface area (Å²) in [5.74, 6) is 0. The molecule has 3 nitrogen and oxygen atoms in total. The van der Waals surface area contributed by atoms with E-state index in [0.717, 1.165) is 0 Å². The Morgan fingerprint density at radius 1 is 1.21 bits per heavy atom. The van der Waals surface area contributed by atoms with Crippen LogP contribution in [0.5, 0.6) is 0 Å². The molecule has 3 rings (SSSR count). The maximum Gasteiger partial charge on any atom is 0.0942 e. The van der Waals surface area contributed by atoms with Crippen molar-refractivity contribution in [2.24, 2.45) is 10.6 Å². The molecule has 1 atom stereocenters. The molecule has 0 bridgehead atoms. The Balaban J connectivity index is 0.000000256. The molecular formula is C19H30BrNO2S. The van der Waals surface area contributed by atoms with E-state index in [1.807, 2.05) is 27.9 Å². The molecule has 136 valence electrons. The molecule has 2 N–H and O–H groups in total. The lowest BCUT2D eigenvalue weighted by Gasteiger charge is -2.36. The van der Waals surface area contributed by atoms with Crippen molar-refractivity contribution in [2.75, 3.05) is 7.11 Å². The van der Waals surface area contributed by atoms with Crippen molar-refractivity contribution >= 4 is 26.9 Å². The molecule has 1 unspecified atom stereocenters. The van der Waals surface area contributed by atoms with Crippen molar-refractivity contribution in [1.82, 2.24) is 0 Å².